The van der Waals surface area contributed by atoms with Gasteiger partial charge in [0.05, 0.1) is 5.75 Å². The van der Waals surface area contributed by atoms with E-state index in [1.807, 2.05) is 11.9 Å². The van der Waals surface area contributed by atoms with Crippen LogP contribution in [0.4, 0.5) is 4.39 Å². The summed E-state index contributed by atoms with van der Waals surface area (Å²) < 4.78 is 12.9. The van der Waals surface area contributed by atoms with Crippen LogP contribution < -0.4 is 0 Å². The van der Waals surface area contributed by atoms with Gasteiger partial charge in [-0.05, 0) is 19.9 Å². The lowest BCUT2D eigenvalue weighted by Crippen LogP contribution is -2.42. The second-order valence-corrected chi connectivity index (χ2v) is 4.71. The van der Waals surface area contributed by atoms with Crippen LogP contribution in [0.15, 0.2) is 0 Å². The second kappa shape index (κ2) is 5.56. The third-order valence-electron chi connectivity index (χ3n) is 2.46. The van der Waals surface area contributed by atoms with Crippen LogP contribution in [0, 0.1) is 0 Å². The van der Waals surface area contributed by atoms with Crippen molar-refractivity contribution in [2.75, 3.05) is 25.1 Å². The Labute approximate surface area is 87.7 Å². The van der Waals surface area contributed by atoms with Crippen molar-refractivity contribution in [3.8, 4) is 0 Å². The summed E-state index contributed by atoms with van der Waals surface area (Å²) in [5, 5.41) is 8.46. The molecule has 0 aromatic rings. The molecule has 0 bridgehead atoms. The number of likely N-dealkylation sites (tertiary alicyclic amines) is 1. The summed E-state index contributed by atoms with van der Waals surface area (Å²) in [6.07, 6.45) is 0.744. The number of halogens is 1. The van der Waals surface area contributed by atoms with Crippen molar-refractivity contribution in [2.24, 2.45) is 0 Å². The summed E-state index contributed by atoms with van der Waals surface area (Å²) in [6.45, 7) is 0.484. The molecule has 1 aliphatic heterocycles. The number of thioether (sulfide) groups is 1. The molecule has 0 aromatic heterocycles. The number of carboxylic acids is 1. The van der Waals surface area contributed by atoms with Gasteiger partial charge in [0, 0.05) is 18.3 Å². The molecular weight excluding hydrogens is 205 g/mol. The minimum absolute atomic E-state index is 0.142. The van der Waals surface area contributed by atoms with Crippen molar-refractivity contribution in [1.82, 2.24) is 4.90 Å². The first-order valence-electron chi connectivity index (χ1n) is 4.73. The fourth-order valence-electron chi connectivity index (χ4n) is 1.64. The van der Waals surface area contributed by atoms with E-state index in [0.717, 1.165) is 12.2 Å². The lowest BCUT2D eigenvalue weighted by atomic mass is 10.0. The molecule has 0 spiro atoms. The summed E-state index contributed by atoms with van der Waals surface area (Å²) in [7, 11) is 1.90. The van der Waals surface area contributed by atoms with Gasteiger partial charge in [-0.25, -0.2) is 4.39 Å². The van der Waals surface area contributed by atoms with E-state index in [9.17, 15) is 9.18 Å². The SMILES string of the molecule is CN1CC(F)CCC1CSCC(=O)O. The van der Waals surface area contributed by atoms with Gasteiger partial charge in [0.15, 0.2) is 0 Å². The Morgan fingerprint density at radius 3 is 2.93 bits per heavy atom. The highest BCUT2D eigenvalue weighted by atomic mass is 32.2. The highest BCUT2D eigenvalue weighted by molar-refractivity contribution is 7.99. The standard InChI is InChI=1S/C9H16FNO2S/c1-11-4-7(10)2-3-8(11)5-14-6-9(12)13/h7-8H,2-6H2,1H3,(H,12,13). The van der Waals surface area contributed by atoms with Crippen molar-refractivity contribution in [1.29, 1.82) is 0 Å². The Morgan fingerprint density at radius 2 is 2.36 bits per heavy atom. The van der Waals surface area contributed by atoms with Gasteiger partial charge in [-0.2, -0.15) is 0 Å². The fraction of sp³-hybridized carbons (Fsp3) is 0.889. The van der Waals surface area contributed by atoms with Gasteiger partial charge < -0.3 is 5.11 Å². The molecule has 3 nitrogen and oxygen atoms in total. The van der Waals surface area contributed by atoms with Crippen molar-refractivity contribution >= 4 is 17.7 Å². The molecule has 1 aliphatic rings. The molecule has 0 saturated carbocycles. The number of nitrogens with zero attached hydrogens (tertiary/aromatic N) is 1. The largest absolute Gasteiger partial charge is 0.481 e. The number of hydrogen-bond donors (Lipinski definition) is 1. The molecule has 5 heteroatoms. The van der Waals surface area contributed by atoms with Gasteiger partial charge in [-0.15, -0.1) is 11.8 Å². The molecule has 82 valence electrons. The summed E-state index contributed by atoms with van der Waals surface area (Å²) in [6, 6.07) is 0.339. The predicted molar refractivity (Wildman–Crippen MR) is 55.5 cm³/mol. The number of hydrogen-bond acceptors (Lipinski definition) is 3. The molecule has 1 N–H and O–H groups in total. The third kappa shape index (κ3) is 3.84. The first kappa shape index (κ1) is 11.8. The maximum atomic E-state index is 12.9. The van der Waals surface area contributed by atoms with Crippen LogP contribution >= 0.6 is 11.8 Å². The molecule has 0 aromatic carbocycles. The van der Waals surface area contributed by atoms with Gasteiger partial charge in [-0.1, -0.05) is 0 Å². The Balaban J connectivity index is 2.20. The zero-order valence-corrected chi connectivity index (χ0v) is 9.10. The maximum Gasteiger partial charge on any atom is 0.313 e. The molecule has 14 heavy (non-hydrogen) atoms. The molecule has 2 atom stereocenters. The third-order valence-corrected chi connectivity index (χ3v) is 3.53. The van der Waals surface area contributed by atoms with Gasteiger partial charge in [0.25, 0.3) is 0 Å². The van der Waals surface area contributed by atoms with Gasteiger partial charge in [0.2, 0.25) is 0 Å². The Bertz CT molecular complexity index is 203. The molecular formula is C9H16FNO2S. The first-order valence-corrected chi connectivity index (χ1v) is 5.89. The normalized spacial score (nSPS) is 29.0. The smallest absolute Gasteiger partial charge is 0.313 e. The van der Waals surface area contributed by atoms with Crippen LogP contribution in [-0.4, -0.2) is 53.3 Å². The Morgan fingerprint density at radius 1 is 1.64 bits per heavy atom. The number of carboxylic acid groups (broad SMARTS) is 1. The van der Waals surface area contributed by atoms with Crippen molar-refractivity contribution in [2.45, 2.75) is 25.1 Å². The zero-order valence-electron chi connectivity index (χ0n) is 8.28. The number of rotatable bonds is 4. The monoisotopic (exact) mass is 221 g/mol. The highest BCUT2D eigenvalue weighted by Crippen LogP contribution is 2.20. The van der Waals surface area contributed by atoms with Gasteiger partial charge in [-0.3, -0.25) is 9.69 Å². The quantitative estimate of drug-likeness (QED) is 0.775. The second-order valence-electron chi connectivity index (χ2n) is 3.68. The van der Waals surface area contributed by atoms with Crippen LogP contribution in [0.5, 0.6) is 0 Å². The van der Waals surface area contributed by atoms with Crippen LogP contribution in [0.1, 0.15) is 12.8 Å². The Hall–Kier alpha value is -0.290. The minimum atomic E-state index is -0.781. The van der Waals surface area contributed by atoms with E-state index in [0.29, 0.717) is 19.0 Å². The number of alkyl halides is 1. The molecule has 1 fully saturated rings. The van der Waals surface area contributed by atoms with E-state index in [2.05, 4.69) is 0 Å². The lowest BCUT2D eigenvalue weighted by molar-refractivity contribution is -0.133. The summed E-state index contributed by atoms with van der Waals surface area (Å²) in [5.41, 5.74) is 0. The van der Waals surface area contributed by atoms with E-state index >= 15 is 0 Å². The number of aliphatic carboxylic acids is 1. The molecule has 1 heterocycles. The van der Waals surface area contributed by atoms with Crippen molar-refractivity contribution < 1.29 is 14.3 Å². The van der Waals surface area contributed by atoms with Crippen LogP contribution in [0.25, 0.3) is 0 Å². The average Bonchev–Trinajstić information content (AvgIpc) is 2.08. The fourth-order valence-corrected chi connectivity index (χ4v) is 2.63. The van der Waals surface area contributed by atoms with E-state index in [-0.39, 0.29) is 5.75 Å². The average molecular weight is 221 g/mol. The molecule has 0 aliphatic carbocycles. The minimum Gasteiger partial charge on any atom is -0.481 e. The van der Waals surface area contributed by atoms with Crippen LogP contribution in [0.2, 0.25) is 0 Å². The van der Waals surface area contributed by atoms with Gasteiger partial charge in [0.1, 0.15) is 6.17 Å². The van der Waals surface area contributed by atoms with E-state index in [1.54, 1.807) is 0 Å². The van der Waals surface area contributed by atoms with E-state index in [4.69, 9.17) is 5.11 Å². The molecule has 0 amide bonds. The summed E-state index contributed by atoms with van der Waals surface area (Å²) >= 11 is 1.41. The molecule has 0 radical (unpaired) electrons. The van der Waals surface area contributed by atoms with Crippen molar-refractivity contribution in [3.05, 3.63) is 0 Å². The van der Waals surface area contributed by atoms with Crippen LogP contribution in [-0.2, 0) is 4.79 Å². The zero-order chi connectivity index (χ0) is 10.6. The summed E-state index contributed by atoms with van der Waals surface area (Å²) in [4.78, 5) is 12.3. The highest BCUT2D eigenvalue weighted by Gasteiger charge is 2.25. The predicted octanol–water partition coefficient (Wildman–Crippen LogP) is 1.24. The number of carbonyl (C=O) groups is 1. The van der Waals surface area contributed by atoms with E-state index < -0.39 is 12.1 Å². The van der Waals surface area contributed by atoms with E-state index in [1.165, 1.54) is 11.8 Å². The van der Waals surface area contributed by atoms with Crippen molar-refractivity contribution in [3.63, 3.8) is 0 Å². The summed E-state index contributed by atoms with van der Waals surface area (Å²) in [5.74, 6) is 0.149. The lowest BCUT2D eigenvalue weighted by Gasteiger charge is -2.33. The van der Waals surface area contributed by atoms with Crippen LogP contribution in [0.3, 0.4) is 0 Å². The first-order chi connectivity index (χ1) is 6.59. The maximum absolute atomic E-state index is 12.9. The molecule has 2 unspecified atom stereocenters. The number of piperidine rings is 1. The topological polar surface area (TPSA) is 40.5 Å². The molecule has 1 rings (SSSR count). The van der Waals surface area contributed by atoms with Gasteiger partial charge >= 0.3 is 5.97 Å². The molecule has 1 saturated heterocycles. The Kier molecular flexibility index (Phi) is 4.68.